The van der Waals surface area contributed by atoms with Crippen molar-refractivity contribution in [1.82, 2.24) is 0 Å². The van der Waals surface area contributed by atoms with Gasteiger partial charge in [-0.15, -0.1) is 0 Å². The second-order valence-corrected chi connectivity index (χ2v) is 4.97. The van der Waals surface area contributed by atoms with Crippen molar-refractivity contribution in [3.8, 4) is 0 Å². The molecule has 17 heavy (non-hydrogen) atoms. The van der Waals surface area contributed by atoms with Crippen molar-refractivity contribution >= 4 is 11.4 Å². The van der Waals surface area contributed by atoms with Gasteiger partial charge in [-0.05, 0) is 38.2 Å². The zero-order valence-electron chi connectivity index (χ0n) is 10.3. The largest absolute Gasteiger partial charge is 0.382 e. The number of nitro benzene ring substituents is 1. The smallest absolute Gasteiger partial charge is 0.274 e. The fourth-order valence-electron chi connectivity index (χ4n) is 2.54. The second kappa shape index (κ2) is 4.73. The number of nitro groups is 1. The summed E-state index contributed by atoms with van der Waals surface area (Å²) >= 11 is 0. The molecule has 0 amide bonds. The zero-order valence-corrected chi connectivity index (χ0v) is 10.3. The van der Waals surface area contributed by atoms with E-state index in [0.29, 0.717) is 6.04 Å². The molecule has 2 unspecified atom stereocenters. The maximum Gasteiger partial charge on any atom is 0.274 e. The van der Waals surface area contributed by atoms with Crippen molar-refractivity contribution < 1.29 is 4.92 Å². The lowest BCUT2D eigenvalue weighted by molar-refractivity contribution is -0.385. The summed E-state index contributed by atoms with van der Waals surface area (Å²) in [5.74, 6) is 0.756. The topological polar surface area (TPSA) is 55.2 Å². The SMILES string of the molecule is Cc1c(NC2CCC(C)C2)cccc1[N+](=O)[O-]. The highest BCUT2D eigenvalue weighted by Crippen LogP contribution is 2.31. The molecule has 0 aliphatic heterocycles. The molecule has 0 heterocycles. The normalized spacial score (nSPS) is 23.6. The Balaban J connectivity index is 2.16. The van der Waals surface area contributed by atoms with Crippen LogP contribution in [0.4, 0.5) is 11.4 Å². The number of anilines is 1. The summed E-state index contributed by atoms with van der Waals surface area (Å²) in [7, 11) is 0. The molecular formula is C13H18N2O2. The summed E-state index contributed by atoms with van der Waals surface area (Å²) in [5, 5.41) is 14.3. The maximum absolute atomic E-state index is 10.8. The predicted octanol–water partition coefficient (Wildman–Crippen LogP) is 3.50. The number of rotatable bonds is 3. The Morgan fingerprint density at radius 1 is 1.41 bits per heavy atom. The summed E-state index contributed by atoms with van der Waals surface area (Å²) < 4.78 is 0. The van der Waals surface area contributed by atoms with Crippen molar-refractivity contribution in [3.05, 3.63) is 33.9 Å². The number of benzene rings is 1. The van der Waals surface area contributed by atoms with Gasteiger partial charge in [0.1, 0.15) is 0 Å². The van der Waals surface area contributed by atoms with E-state index in [1.165, 1.54) is 6.42 Å². The molecule has 1 aromatic carbocycles. The molecule has 1 N–H and O–H groups in total. The molecule has 1 fully saturated rings. The molecule has 92 valence electrons. The van der Waals surface area contributed by atoms with E-state index in [2.05, 4.69) is 12.2 Å². The van der Waals surface area contributed by atoms with Crippen LogP contribution in [0.5, 0.6) is 0 Å². The number of hydrogen-bond donors (Lipinski definition) is 1. The molecule has 0 saturated heterocycles. The Morgan fingerprint density at radius 2 is 2.18 bits per heavy atom. The molecule has 0 radical (unpaired) electrons. The van der Waals surface area contributed by atoms with Crippen molar-refractivity contribution in [2.24, 2.45) is 5.92 Å². The van der Waals surface area contributed by atoms with Crippen LogP contribution in [-0.2, 0) is 0 Å². The first-order chi connectivity index (χ1) is 8.08. The highest BCUT2D eigenvalue weighted by Gasteiger charge is 2.22. The second-order valence-electron chi connectivity index (χ2n) is 4.97. The molecule has 0 aromatic heterocycles. The van der Waals surface area contributed by atoms with Gasteiger partial charge in [0.25, 0.3) is 5.69 Å². The summed E-state index contributed by atoms with van der Waals surface area (Å²) in [6.45, 7) is 4.06. The summed E-state index contributed by atoms with van der Waals surface area (Å²) in [6, 6.07) is 5.68. The van der Waals surface area contributed by atoms with Gasteiger partial charge in [0, 0.05) is 23.4 Å². The summed E-state index contributed by atoms with van der Waals surface area (Å²) in [5.41, 5.74) is 1.83. The van der Waals surface area contributed by atoms with Gasteiger partial charge in [0.05, 0.1) is 4.92 Å². The fraction of sp³-hybridized carbons (Fsp3) is 0.538. The van der Waals surface area contributed by atoms with Crippen LogP contribution < -0.4 is 5.32 Å². The van der Waals surface area contributed by atoms with E-state index >= 15 is 0 Å². The lowest BCUT2D eigenvalue weighted by Crippen LogP contribution is -2.16. The average molecular weight is 234 g/mol. The van der Waals surface area contributed by atoms with Crippen molar-refractivity contribution in [2.75, 3.05) is 5.32 Å². The van der Waals surface area contributed by atoms with E-state index in [4.69, 9.17) is 0 Å². The van der Waals surface area contributed by atoms with Crippen LogP contribution in [0, 0.1) is 23.0 Å². The third kappa shape index (κ3) is 2.57. The Bertz CT molecular complexity index is 431. The molecule has 0 bridgehead atoms. The summed E-state index contributed by atoms with van der Waals surface area (Å²) in [6.07, 6.45) is 3.55. The van der Waals surface area contributed by atoms with E-state index in [0.717, 1.165) is 30.0 Å². The van der Waals surface area contributed by atoms with Crippen molar-refractivity contribution in [3.63, 3.8) is 0 Å². The quantitative estimate of drug-likeness (QED) is 0.643. The third-order valence-electron chi connectivity index (χ3n) is 3.56. The molecule has 2 rings (SSSR count). The van der Waals surface area contributed by atoms with Crippen LogP contribution in [-0.4, -0.2) is 11.0 Å². The fourth-order valence-corrected chi connectivity index (χ4v) is 2.54. The molecule has 1 aliphatic carbocycles. The molecule has 1 aromatic rings. The van der Waals surface area contributed by atoms with Crippen molar-refractivity contribution in [2.45, 2.75) is 39.2 Å². The molecule has 2 atom stereocenters. The monoisotopic (exact) mass is 234 g/mol. The van der Waals surface area contributed by atoms with E-state index in [9.17, 15) is 10.1 Å². The van der Waals surface area contributed by atoms with Crippen LogP contribution in [0.2, 0.25) is 0 Å². The molecular weight excluding hydrogens is 216 g/mol. The minimum Gasteiger partial charge on any atom is -0.382 e. The van der Waals surface area contributed by atoms with Gasteiger partial charge >= 0.3 is 0 Å². The van der Waals surface area contributed by atoms with Gasteiger partial charge in [-0.2, -0.15) is 0 Å². The molecule has 1 saturated carbocycles. The maximum atomic E-state index is 10.8. The van der Waals surface area contributed by atoms with E-state index in [1.807, 2.05) is 6.07 Å². The van der Waals surface area contributed by atoms with Gasteiger partial charge in [0.2, 0.25) is 0 Å². The highest BCUT2D eigenvalue weighted by molar-refractivity contribution is 5.60. The first-order valence-corrected chi connectivity index (χ1v) is 6.08. The predicted molar refractivity (Wildman–Crippen MR) is 68.3 cm³/mol. The van der Waals surface area contributed by atoms with E-state index < -0.39 is 0 Å². The highest BCUT2D eigenvalue weighted by atomic mass is 16.6. The zero-order chi connectivity index (χ0) is 12.4. The number of hydrogen-bond acceptors (Lipinski definition) is 3. The first kappa shape index (κ1) is 11.9. The number of nitrogens with one attached hydrogen (secondary N) is 1. The molecule has 1 aliphatic rings. The van der Waals surface area contributed by atoms with Gasteiger partial charge in [-0.3, -0.25) is 10.1 Å². The molecule has 0 spiro atoms. The van der Waals surface area contributed by atoms with Gasteiger partial charge in [-0.25, -0.2) is 0 Å². The lowest BCUT2D eigenvalue weighted by atomic mass is 10.1. The standard InChI is InChI=1S/C13H18N2O2/c1-9-6-7-11(8-9)14-12-4-3-5-13(10(12)2)15(16)17/h3-5,9,11,14H,6-8H2,1-2H3. The molecule has 4 nitrogen and oxygen atoms in total. The van der Waals surface area contributed by atoms with Crippen LogP contribution in [0.3, 0.4) is 0 Å². The summed E-state index contributed by atoms with van der Waals surface area (Å²) in [4.78, 5) is 10.5. The minimum absolute atomic E-state index is 0.195. The Labute approximate surface area is 101 Å². The Kier molecular flexibility index (Phi) is 3.31. The number of nitrogens with zero attached hydrogens (tertiary/aromatic N) is 1. The van der Waals surface area contributed by atoms with Crippen molar-refractivity contribution in [1.29, 1.82) is 0 Å². The van der Waals surface area contributed by atoms with Crippen LogP contribution >= 0.6 is 0 Å². The van der Waals surface area contributed by atoms with Crippen LogP contribution in [0.1, 0.15) is 31.7 Å². The van der Waals surface area contributed by atoms with Gasteiger partial charge in [-0.1, -0.05) is 13.0 Å². The van der Waals surface area contributed by atoms with Gasteiger partial charge < -0.3 is 5.32 Å². The average Bonchev–Trinajstić information content (AvgIpc) is 2.67. The Morgan fingerprint density at radius 3 is 2.76 bits per heavy atom. The third-order valence-corrected chi connectivity index (χ3v) is 3.56. The first-order valence-electron chi connectivity index (χ1n) is 6.08. The molecule has 4 heteroatoms. The van der Waals surface area contributed by atoms with Crippen LogP contribution in [0.15, 0.2) is 18.2 Å². The van der Waals surface area contributed by atoms with E-state index in [1.54, 1.807) is 19.1 Å². The lowest BCUT2D eigenvalue weighted by Gasteiger charge is -2.15. The minimum atomic E-state index is -0.322. The van der Waals surface area contributed by atoms with Gasteiger partial charge in [0.15, 0.2) is 0 Å². The van der Waals surface area contributed by atoms with E-state index in [-0.39, 0.29) is 10.6 Å². The van der Waals surface area contributed by atoms with Crippen LogP contribution in [0.25, 0.3) is 0 Å². The Hall–Kier alpha value is -1.58.